The molecule has 2 rings (SSSR count). The van der Waals surface area contributed by atoms with Crippen molar-refractivity contribution in [2.75, 3.05) is 13.1 Å². The maximum Gasteiger partial charge on any atom is 0.243 e. The van der Waals surface area contributed by atoms with Crippen molar-refractivity contribution >= 4 is 0 Å². The summed E-state index contributed by atoms with van der Waals surface area (Å²) in [7, 11) is 0. The third kappa shape index (κ3) is 2.84. The average Bonchev–Trinajstić information content (AvgIpc) is 2.77. The quantitative estimate of drug-likeness (QED) is 0.870. The van der Waals surface area contributed by atoms with E-state index in [0.29, 0.717) is 12.4 Å². The first-order valence-electron chi connectivity index (χ1n) is 6.33. The number of hydrogen-bond acceptors (Lipinski definition) is 5. The van der Waals surface area contributed by atoms with Gasteiger partial charge in [-0.15, -0.1) is 0 Å². The van der Waals surface area contributed by atoms with Crippen LogP contribution < -0.4 is 0 Å². The van der Waals surface area contributed by atoms with E-state index in [9.17, 15) is 5.11 Å². The van der Waals surface area contributed by atoms with Gasteiger partial charge < -0.3 is 9.63 Å². The molecule has 1 aromatic heterocycles. The predicted octanol–water partition coefficient (Wildman–Crippen LogP) is 1.71. The molecule has 1 saturated heterocycles. The van der Waals surface area contributed by atoms with E-state index >= 15 is 0 Å². The minimum atomic E-state index is -0.223. The number of likely N-dealkylation sites (tertiary alicyclic amines) is 1. The Labute approximate surface area is 102 Å². The molecule has 0 spiro atoms. The smallest absolute Gasteiger partial charge is 0.243 e. The third-order valence-corrected chi connectivity index (χ3v) is 3.31. The molecule has 2 unspecified atom stereocenters. The van der Waals surface area contributed by atoms with Crippen molar-refractivity contribution in [2.45, 2.75) is 51.7 Å². The highest BCUT2D eigenvalue weighted by Gasteiger charge is 2.26. The summed E-state index contributed by atoms with van der Waals surface area (Å²) >= 11 is 0. The zero-order valence-corrected chi connectivity index (χ0v) is 10.8. The highest BCUT2D eigenvalue weighted by atomic mass is 16.5. The molecular formula is C12H21N3O2. The first-order chi connectivity index (χ1) is 8.08. The summed E-state index contributed by atoms with van der Waals surface area (Å²) in [6.07, 6.45) is 1.69. The van der Waals surface area contributed by atoms with Gasteiger partial charge in [-0.3, -0.25) is 4.90 Å². The van der Waals surface area contributed by atoms with Gasteiger partial charge in [0.1, 0.15) is 0 Å². The standard InChI is InChI=1S/C12H21N3O2/c1-8(2)11-13-12(17-14-11)9(3)15-6-4-5-10(16)7-15/h8-10,16H,4-7H2,1-3H3. The Kier molecular flexibility index (Phi) is 3.79. The first-order valence-corrected chi connectivity index (χ1v) is 6.33. The van der Waals surface area contributed by atoms with Crippen LogP contribution in [0.4, 0.5) is 0 Å². The van der Waals surface area contributed by atoms with E-state index < -0.39 is 0 Å². The van der Waals surface area contributed by atoms with E-state index in [1.165, 1.54) is 0 Å². The Balaban J connectivity index is 2.04. The molecule has 17 heavy (non-hydrogen) atoms. The molecule has 0 radical (unpaired) electrons. The van der Waals surface area contributed by atoms with Crippen molar-refractivity contribution in [1.29, 1.82) is 0 Å². The van der Waals surface area contributed by atoms with Crippen molar-refractivity contribution in [1.82, 2.24) is 15.0 Å². The number of piperidine rings is 1. The molecule has 2 heterocycles. The molecule has 1 aromatic rings. The molecule has 5 nitrogen and oxygen atoms in total. The zero-order valence-electron chi connectivity index (χ0n) is 10.8. The van der Waals surface area contributed by atoms with Crippen molar-refractivity contribution in [3.63, 3.8) is 0 Å². The van der Waals surface area contributed by atoms with Crippen LogP contribution in [0.15, 0.2) is 4.52 Å². The normalized spacial score (nSPS) is 24.2. The van der Waals surface area contributed by atoms with Crippen molar-refractivity contribution in [3.05, 3.63) is 11.7 Å². The molecule has 96 valence electrons. The van der Waals surface area contributed by atoms with Gasteiger partial charge >= 0.3 is 0 Å². The van der Waals surface area contributed by atoms with Gasteiger partial charge in [0.05, 0.1) is 12.1 Å². The lowest BCUT2D eigenvalue weighted by Gasteiger charge is -2.32. The fraction of sp³-hybridized carbons (Fsp3) is 0.833. The van der Waals surface area contributed by atoms with Crippen molar-refractivity contribution in [3.8, 4) is 0 Å². The molecule has 1 aliphatic heterocycles. The van der Waals surface area contributed by atoms with Crippen molar-refractivity contribution < 1.29 is 9.63 Å². The Hall–Kier alpha value is -0.940. The van der Waals surface area contributed by atoms with Crippen LogP contribution in [0.25, 0.3) is 0 Å². The molecule has 0 saturated carbocycles. The van der Waals surface area contributed by atoms with Crippen molar-refractivity contribution in [2.24, 2.45) is 0 Å². The molecule has 0 aromatic carbocycles. The second kappa shape index (κ2) is 5.14. The maximum absolute atomic E-state index is 9.66. The van der Waals surface area contributed by atoms with Crippen LogP contribution in [0.5, 0.6) is 0 Å². The molecule has 0 aliphatic carbocycles. The third-order valence-electron chi connectivity index (χ3n) is 3.31. The number of hydrogen-bond donors (Lipinski definition) is 1. The van der Waals surface area contributed by atoms with Gasteiger partial charge in [-0.25, -0.2) is 0 Å². The van der Waals surface area contributed by atoms with Gasteiger partial charge in [-0.1, -0.05) is 19.0 Å². The molecule has 1 fully saturated rings. The predicted molar refractivity (Wildman–Crippen MR) is 63.6 cm³/mol. The monoisotopic (exact) mass is 239 g/mol. The van der Waals surface area contributed by atoms with Gasteiger partial charge in [-0.2, -0.15) is 4.98 Å². The maximum atomic E-state index is 9.66. The topological polar surface area (TPSA) is 62.4 Å². The highest BCUT2D eigenvalue weighted by molar-refractivity contribution is 4.96. The number of nitrogens with zero attached hydrogens (tertiary/aromatic N) is 3. The fourth-order valence-corrected chi connectivity index (χ4v) is 2.14. The van der Waals surface area contributed by atoms with Gasteiger partial charge in [-0.05, 0) is 26.3 Å². The number of aromatic nitrogens is 2. The van der Waals surface area contributed by atoms with Crippen LogP contribution in [0.2, 0.25) is 0 Å². The lowest BCUT2D eigenvalue weighted by molar-refractivity contribution is 0.0422. The molecule has 0 bridgehead atoms. The second-order valence-electron chi connectivity index (χ2n) is 5.11. The average molecular weight is 239 g/mol. The van der Waals surface area contributed by atoms with Gasteiger partial charge in [0, 0.05) is 12.5 Å². The van der Waals surface area contributed by atoms with Gasteiger partial charge in [0.25, 0.3) is 0 Å². The van der Waals surface area contributed by atoms with Crippen LogP contribution in [0.3, 0.4) is 0 Å². The number of aliphatic hydroxyl groups is 1. The lowest BCUT2D eigenvalue weighted by atomic mass is 10.1. The highest BCUT2D eigenvalue weighted by Crippen LogP contribution is 2.24. The fourth-order valence-electron chi connectivity index (χ4n) is 2.14. The summed E-state index contributed by atoms with van der Waals surface area (Å²) in [6, 6.07) is 0.0879. The number of β-amino-alcohol motifs (C(OH)–C–C–N with tert-alkyl or cyclic N) is 1. The molecule has 5 heteroatoms. The Morgan fingerprint density at radius 3 is 2.76 bits per heavy atom. The summed E-state index contributed by atoms with van der Waals surface area (Å²) in [6.45, 7) is 7.82. The van der Waals surface area contributed by atoms with E-state index in [1.807, 2.05) is 13.8 Å². The van der Waals surface area contributed by atoms with Crippen LogP contribution in [0.1, 0.15) is 57.3 Å². The molecule has 1 N–H and O–H groups in total. The molecule has 2 atom stereocenters. The van der Waals surface area contributed by atoms with E-state index in [1.54, 1.807) is 0 Å². The Morgan fingerprint density at radius 2 is 2.18 bits per heavy atom. The number of aliphatic hydroxyl groups excluding tert-OH is 1. The lowest BCUT2D eigenvalue weighted by Crippen LogP contribution is -2.39. The van der Waals surface area contributed by atoms with E-state index in [4.69, 9.17) is 4.52 Å². The van der Waals surface area contributed by atoms with Crippen LogP contribution in [-0.2, 0) is 0 Å². The largest absolute Gasteiger partial charge is 0.392 e. The molecule has 1 aliphatic rings. The van der Waals surface area contributed by atoms with E-state index in [-0.39, 0.29) is 18.1 Å². The molecular weight excluding hydrogens is 218 g/mol. The van der Waals surface area contributed by atoms with Gasteiger partial charge in [0.2, 0.25) is 5.89 Å². The van der Waals surface area contributed by atoms with Gasteiger partial charge in [0.15, 0.2) is 5.82 Å². The molecule has 0 amide bonds. The first kappa shape index (κ1) is 12.5. The second-order valence-corrected chi connectivity index (χ2v) is 5.11. The van der Waals surface area contributed by atoms with Crippen LogP contribution in [0, 0.1) is 0 Å². The van der Waals surface area contributed by atoms with Crippen LogP contribution >= 0.6 is 0 Å². The summed E-state index contributed by atoms with van der Waals surface area (Å²) < 4.78 is 5.29. The van der Waals surface area contributed by atoms with E-state index in [0.717, 1.165) is 25.2 Å². The van der Waals surface area contributed by atoms with Crippen LogP contribution in [-0.4, -0.2) is 39.3 Å². The Bertz CT molecular complexity index is 364. The minimum Gasteiger partial charge on any atom is -0.392 e. The Morgan fingerprint density at radius 1 is 1.41 bits per heavy atom. The van der Waals surface area contributed by atoms with E-state index in [2.05, 4.69) is 22.0 Å². The number of rotatable bonds is 3. The zero-order chi connectivity index (χ0) is 12.4. The summed E-state index contributed by atoms with van der Waals surface area (Å²) in [5.41, 5.74) is 0. The summed E-state index contributed by atoms with van der Waals surface area (Å²) in [5.74, 6) is 1.69. The summed E-state index contributed by atoms with van der Waals surface area (Å²) in [4.78, 5) is 6.61. The SMILES string of the molecule is CC(C)c1noc(C(C)N2CCCC(O)C2)n1. The minimum absolute atomic E-state index is 0.0879. The summed E-state index contributed by atoms with van der Waals surface area (Å²) in [5, 5.41) is 13.6.